The first kappa shape index (κ1) is 23.1. The van der Waals surface area contributed by atoms with Crippen LogP contribution in [0.25, 0.3) is 0 Å². The number of ether oxygens (including phenoxy) is 1. The number of carbonyl (C=O) groups excluding carboxylic acids is 3. The van der Waals surface area contributed by atoms with Crippen LogP contribution in [0.1, 0.15) is 59.3 Å². The lowest BCUT2D eigenvalue weighted by atomic mass is 9.45. The van der Waals surface area contributed by atoms with Gasteiger partial charge < -0.3 is 20.1 Å². The molecule has 8 heteroatoms. The lowest BCUT2D eigenvalue weighted by Gasteiger charge is -2.65. The van der Waals surface area contributed by atoms with Crippen molar-refractivity contribution >= 4 is 33.5 Å². The van der Waals surface area contributed by atoms with Gasteiger partial charge in [-0.25, -0.2) is 0 Å². The number of hydrogen-bond acceptors (Lipinski definition) is 7. The molecule has 4 aliphatic rings. The highest BCUT2D eigenvalue weighted by Crippen LogP contribution is 2.71. The van der Waals surface area contributed by atoms with Crippen molar-refractivity contribution < 1.29 is 34.4 Å². The lowest BCUT2D eigenvalue weighted by molar-refractivity contribution is -0.189. The van der Waals surface area contributed by atoms with E-state index in [0.29, 0.717) is 25.7 Å². The van der Waals surface area contributed by atoms with Crippen LogP contribution in [-0.2, 0) is 19.1 Å². The molecule has 0 bridgehead atoms. The number of esters is 1. The summed E-state index contributed by atoms with van der Waals surface area (Å²) in [6.45, 7) is 4.41. The Hall–Kier alpha value is -1.09. The van der Waals surface area contributed by atoms with Gasteiger partial charge in [-0.1, -0.05) is 35.4 Å². The van der Waals surface area contributed by atoms with Crippen molar-refractivity contribution in [2.75, 3.05) is 6.61 Å². The van der Waals surface area contributed by atoms with E-state index in [2.05, 4.69) is 22.9 Å². The fraction of sp³-hybridized carbons (Fsp3) is 0.783. The van der Waals surface area contributed by atoms with E-state index >= 15 is 0 Å². The van der Waals surface area contributed by atoms with Gasteiger partial charge in [0.1, 0.15) is 0 Å². The monoisotopic (exact) mass is 498 g/mol. The molecule has 0 amide bonds. The van der Waals surface area contributed by atoms with Gasteiger partial charge >= 0.3 is 5.97 Å². The SMILES string of the molecule is CC(=O)OCC(=O)[C@@]1(O)[C@H](O)C[C@H]2[C@@H]3CCC4=CC(=O)CC[C@]4(C)[C@@]3(Br)[C@@H](O)C[C@@]21C. The number of rotatable bonds is 3. The molecule has 0 unspecified atom stereocenters. The van der Waals surface area contributed by atoms with Crippen LogP contribution in [0, 0.1) is 22.7 Å². The number of aliphatic hydroxyl groups is 3. The van der Waals surface area contributed by atoms with E-state index in [4.69, 9.17) is 4.74 Å². The zero-order chi connectivity index (χ0) is 23.0. The largest absolute Gasteiger partial charge is 0.458 e. The van der Waals surface area contributed by atoms with E-state index in [1.807, 2.05) is 0 Å². The molecule has 0 saturated heterocycles. The molecule has 0 aliphatic heterocycles. The second-order valence-corrected chi connectivity index (χ2v) is 11.7. The molecule has 0 aromatic carbocycles. The Morgan fingerprint density at radius 1 is 1.19 bits per heavy atom. The van der Waals surface area contributed by atoms with E-state index in [0.717, 1.165) is 5.57 Å². The smallest absolute Gasteiger partial charge is 0.303 e. The second kappa shape index (κ2) is 7.20. The molecular formula is C23H31BrO7. The van der Waals surface area contributed by atoms with Crippen molar-refractivity contribution in [3.8, 4) is 0 Å². The summed E-state index contributed by atoms with van der Waals surface area (Å²) in [6, 6.07) is 0. The minimum atomic E-state index is -2.11. The van der Waals surface area contributed by atoms with Gasteiger partial charge in [-0.3, -0.25) is 14.4 Å². The zero-order valence-corrected chi connectivity index (χ0v) is 19.8. The highest BCUT2D eigenvalue weighted by molar-refractivity contribution is 9.10. The first-order valence-corrected chi connectivity index (χ1v) is 11.8. The lowest BCUT2D eigenvalue weighted by Crippen LogP contribution is -2.69. The van der Waals surface area contributed by atoms with Crippen molar-refractivity contribution in [2.45, 2.75) is 81.4 Å². The topological polar surface area (TPSA) is 121 Å². The van der Waals surface area contributed by atoms with Crippen LogP contribution in [0.4, 0.5) is 0 Å². The highest BCUT2D eigenvalue weighted by atomic mass is 79.9. The summed E-state index contributed by atoms with van der Waals surface area (Å²) in [5.41, 5.74) is -2.58. The molecular weight excluding hydrogens is 468 g/mol. The molecule has 3 N–H and O–H groups in total. The van der Waals surface area contributed by atoms with Gasteiger partial charge in [-0.05, 0) is 50.0 Å². The summed E-state index contributed by atoms with van der Waals surface area (Å²) in [5, 5.41) is 34.0. The number of ketones is 2. The predicted molar refractivity (Wildman–Crippen MR) is 114 cm³/mol. The van der Waals surface area contributed by atoms with Gasteiger partial charge in [-0.15, -0.1) is 0 Å². The molecule has 172 valence electrons. The van der Waals surface area contributed by atoms with Gasteiger partial charge in [0.05, 0.1) is 16.5 Å². The normalized spacial score (nSPS) is 48.9. The first-order valence-electron chi connectivity index (χ1n) is 11.0. The number of allylic oxidation sites excluding steroid dienone is 1. The molecule has 31 heavy (non-hydrogen) atoms. The van der Waals surface area contributed by atoms with Gasteiger partial charge in [0, 0.05) is 24.2 Å². The minimum Gasteiger partial charge on any atom is -0.458 e. The van der Waals surface area contributed by atoms with Crippen molar-refractivity contribution in [1.82, 2.24) is 0 Å². The molecule has 7 nitrogen and oxygen atoms in total. The molecule has 4 aliphatic carbocycles. The second-order valence-electron chi connectivity index (χ2n) is 10.3. The van der Waals surface area contributed by atoms with Crippen LogP contribution < -0.4 is 0 Å². The highest BCUT2D eigenvalue weighted by Gasteiger charge is 2.75. The molecule has 4 rings (SSSR count). The summed E-state index contributed by atoms with van der Waals surface area (Å²) >= 11 is 3.94. The van der Waals surface area contributed by atoms with E-state index in [1.165, 1.54) is 6.92 Å². The quantitative estimate of drug-likeness (QED) is 0.400. The van der Waals surface area contributed by atoms with Gasteiger partial charge in [-0.2, -0.15) is 0 Å². The molecule has 8 atom stereocenters. The third-order valence-electron chi connectivity index (χ3n) is 9.09. The predicted octanol–water partition coefficient (Wildman–Crippen LogP) is 1.84. The first-order chi connectivity index (χ1) is 14.3. The number of Topliss-reactive ketones (excluding diaryl/α,β-unsaturated/α-hetero) is 1. The van der Waals surface area contributed by atoms with Crippen molar-refractivity contribution in [3.05, 3.63) is 11.6 Å². The van der Waals surface area contributed by atoms with Crippen LogP contribution in [-0.4, -0.2) is 61.6 Å². The molecule has 0 aromatic heterocycles. The van der Waals surface area contributed by atoms with E-state index < -0.39 is 51.3 Å². The maximum Gasteiger partial charge on any atom is 0.303 e. The Kier molecular flexibility index (Phi) is 5.36. The van der Waals surface area contributed by atoms with Gasteiger partial charge in [0.2, 0.25) is 5.78 Å². The van der Waals surface area contributed by atoms with Crippen LogP contribution in [0.2, 0.25) is 0 Å². The maximum atomic E-state index is 13.0. The maximum absolute atomic E-state index is 13.0. The summed E-state index contributed by atoms with van der Waals surface area (Å²) in [4.78, 5) is 36.2. The van der Waals surface area contributed by atoms with Crippen molar-refractivity contribution in [1.29, 1.82) is 0 Å². The zero-order valence-electron chi connectivity index (χ0n) is 18.2. The summed E-state index contributed by atoms with van der Waals surface area (Å²) in [6.07, 6.45) is 2.26. The number of alkyl halides is 1. The van der Waals surface area contributed by atoms with Crippen LogP contribution in [0.5, 0.6) is 0 Å². The molecule has 3 saturated carbocycles. The van der Waals surface area contributed by atoms with Crippen LogP contribution in [0.15, 0.2) is 11.6 Å². The fourth-order valence-corrected chi connectivity index (χ4v) is 8.53. The Bertz CT molecular complexity index is 870. The third kappa shape index (κ3) is 2.84. The molecule has 3 fully saturated rings. The number of aliphatic hydroxyl groups excluding tert-OH is 2. The summed E-state index contributed by atoms with van der Waals surface area (Å²) in [5.74, 6) is -1.60. The van der Waals surface area contributed by atoms with Gasteiger partial charge in [0.15, 0.2) is 18.0 Å². The minimum absolute atomic E-state index is 0.107. The third-order valence-corrected chi connectivity index (χ3v) is 11.1. The van der Waals surface area contributed by atoms with Gasteiger partial charge in [0.25, 0.3) is 0 Å². The molecule has 0 spiro atoms. The number of carbonyl (C=O) groups is 3. The Balaban J connectivity index is 1.75. The van der Waals surface area contributed by atoms with Crippen LogP contribution in [0.3, 0.4) is 0 Å². The fourth-order valence-electron chi connectivity index (χ4n) is 7.37. The Morgan fingerprint density at radius 2 is 1.87 bits per heavy atom. The average molecular weight is 499 g/mol. The van der Waals surface area contributed by atoms with Crippen LogP contribution >= 0.6 is 15.9 Å². The number of hydrogen-bond donors (Lipinski definition) is 3. The van der Waals surface area contributed by atoms with E-state index in [1.54, 1.807) is 13.0 Å². The Labute approximate surface area is 190 Å². The molecule has 0 radical (unpaired) electrons. The standard InChI is InChI=1S/C23H31BrO7/c1-12(25)31-11-19(29)23(30)17(27)9-16-15-5-4-13-8-14(26)6-7-20(13,2)22(15,24)18(28)10-21(16,23)3/h8,15-18,27-28,30H,4-7,9-11H2,1-3H3/t15-,16-,17+,18-,20-,21-,22-,23-/m0/s1. The molecule has 0 aromatic rings. The molecule has 0 heterocycles. The summed E-state index contributed by atoms with van der Waals surface area (Å²) < 4.78 is 4.11. The number of fused-ring (bicyclic) bond motifs is 5. The summed E-state index contributed by atoms with van der Waals surface area (Å²) in [7, 11) is 0. The van der Waals surface area contributed by atoms with Crippen molar-refractivity contribution in [2.24, 2.45) is 22.7 Å². The van der Waals surface area contributed by atoms with E-state index in [-0.39, 0.29) is 30.5 Å². The number of halogens is 1. The van der Waals surface area contributed by atoms with Crippen molar-refractivity contribution in [3.63, 3.8) is 0 Å². The Morgan fingerprint density at radius 3 is 2.52 bits per heavy atom. The van der Waals surface area contributed by atoms with E-state index in [9.17, 15) is 29.7 Å². The average Bonchev–Trinajstić information content (AvgIpc) is 2.89.